The highest BCUT2D eigenvalue weighted by Crippen LogP contribution is 2.24. The maximum absolute atomic E-state index is 12.7. The molecule has 2 aromatic carbocycles. The Morgan fingerprint density at radius 1 is 1.04 bits per heavy atom. The van der Waals surface area contributed by atoms with Crippen LogP contribution in [0.2, 0.25) is 0 Å². The SMILES string of the molecule is Cc1ocnc1CNC(=O)N(c1ccccc1)c1ccccc1. The Balaban J connectivity index is 1.83. The molecule has 23 heavy (non-hydrogen) atoms. The van der Waals surface area contributed by atoms with Crippen molar-refractivity contribution in [1.29, 1.82) is 0 Å². The average Bonchev–Trinajstić information content (AvgIpc) is 3.00. The number of aromatic nitrogens is 1. The lowest BCUT2D eigenvalue weighted by Gasteiger charge is -2.23. The van der Waals surface area contributed by atoms with Gasteiger partial charge in [0.05, 0.1) is 17.9 Å². The molecule has 0 saturated heterocycles. The summed E-state index contributed by atoms with van der Waals surface area (Å²) in [5, 5.41) is 2.89. The summed E-state index contributed by atoms with van der Waals surface area (Å²) >= 11 is 0. The molecule has 1 heterocycles. The molecule has 0 radical (unpaired) electrons. The second-order valence-electron chi connectivity index (χ2n) is 5.02. The summed E-state index contributed by atoms with van der Waals surface area (Å²) in [6.07, 6.45) is 1.38. The van der Waals surface area contributed by atoms with Gasteiger partial charge in [-0.2, -0.15) is 0 Å². The lowest BCUT2D eigenvalue weighted by molar-refractivity contribution is 0.248. The number of carbonyl (C=O) groups excluding carboxylic acids is 1. The molecule has 5 heteroatoms. The molecule has 0 aliphatic heterocycles. The van der Waals surface area contributed by atoms with Gasteiger partial charge in [-0.05, 0) is 31.2 Å². The topological polar surface area (TPSA) is 58.4 Å². The molecule has 5 nitrogen and oxygen atoms in total. The first-order chi connectivity index (χ1) is 11.3. The van der Waals surface area contributed by atoms with Gasteiger partial charge in [0.2, 0.25) is 0 Å². The van der Waals surface area contributed by atoms with E-state index in [-0.39, 0.29) is 6.03 Å². The summed E-state index contributed by atoms with van der Waals surface area (Å²) in [6.45, 7) is 2.14. The normalized spacial score (nSPS) is 10.3. The summed E-state index contributed by atoms with van der Waals surface area (Å²) < 4.78 is 5.15. The van der Waals surface area contributed by atoms with Crippen molar-refractivity contribution in [2.45, 2.75) is 13.5 Å². The minimum atomic E-state index is -0.218. The smallest absolute Gasteiger partial charge is 0.326 e. The molecule has 3 rings (SSSR count). The minimum Gasteiger partial charge on any atom is -0.448 e. The largest absolute Gasteiger partial charge is 0.448 e. The second-order valence-corrected chi connectivity index (χ2v) is 5.02. The zero-order valence-corrected chi connectivity index (χ0v) is 12.8. The standard InChI is InChI=1S/C18H17N3O2/c1-14-17(20-13-23-14)12-19-18(22)21(15-8-4-2-5-9-15)16-10-6-3-7-11-16/h2-11,13H,12H2,1H3,(H,19,22). The van der Waals surface area contributed by atoms with Crippen LogP contribution in [0.4, 0.5) is 16.2 Å². The summed E-state index contributed by atoms with van der Waals surface area (Å²) in [5.41, 5.74) is 2.32. The fraction of sp³-hybridized carbons (Fsp3) is 0.111. The van der Waals surface area contributed by atoms with E-state index in [0.29, 0.717) is 12.3 Å². The Morgan fingerprint density at radius 2 is 1.61 bits per heavy atom. The third-order valence-electron chi connectivity index (χ3n) is 3.48. The van der Waals surface area contributed by atoms with Crippen LogP contribution in [0.25, 0.3) is 0 Å². The first-order valence-electron chi connectivity index (χ1n) is 7.33. The van der Waals surface area contributed by atoms with E-state index < -0.39 is 0 Å². The van der Waals surface area contributed by atoms with Crippen LogP contribution in [0.15, 0.2) is 71.5 Å². The Labute approximate surface area is 134 Å². The van der Waals surface area contributed by atoms with Gasteiger partial charge in [0.25, 0.3) is 0 Å². The number of urea groups is 1. The van der Waals surface area contributed by atoms with Gasteiger partial charge in [-0.15, -0.1) is 0 Å². The van der Waals surface area contributed by atoms with Crippen molar-refractivity contribution in [3.63, 3.8) is 0 Å². The first kappa shape index (κ1) is 14.8. The molecule has 0 unspecified atom stereocenters. The molecule has 2 amide bonds. The molecule has 0 bridgehead atoms. The fourth-order valence-electron chi connectivity index (χ4n) is 2.27. The van der Waals surface area contributed by atoms with Crippen LogP contribution in [0.1, 0.15) is 11.5 Å². The van der Waals surface area contributed by atoms with Crippen molar-refractivity contribution >= 4 is 17.4 Å². The predicted molar refractivity (Wildman–Crippen MR) is 88.5 cm³/mol. The van der Waals surface area contributed by atoms with Gasteiger partial charge in [-0.3, -0.25) is 4.90 Å². The molecule has 3 aromatic rings. The van der Waals surface area contributed by atoms with Crippen LogP contribution in [0, 0.1) is 6.92 Å². The highest BCUT2D eigenvalue weighted by atomic mass is 16.3. The first-order valence-corrected chi connectivity index (χ1v) is 7.33. The number of benzene rings is 2. The minimum absolute atomic E-state index is 0.218. The summed E-state index contributed by atoms with van der Waals surface area (Å²) in [4.78, 5) is 18.4. The molecule has 1 aromatic heterocycles. The Bertz CT molecular complexity index is 730. The number of hydrogen-bond donors (Lipinski definition) is 1. The molecule has 0 spiro atoms. The van der Waals surface area contributed by atoms with Gasteiger partial charge in [-0.1, -0.05) is 36.4 Å². The molecule has 0 fully saturated rings. The second kappa shape index (κ2) is 6.79. The maximum atomic E-state index is 12.7. The van der Waals surface area contributed by atoms with Crippen LogP contribution in [-0.4, -0.2) is 11.0 Å². The van der Waals surface area contributed by atoms with E-state index >= 15 is 0 Å². The monoisotopic (exact) mass is 307 g/mol. The third kappa shape index (κ3) is 3.40. The van der Waals surface area contributed by atoms with Gasteiger partial charge in [0.15, 0.2) is 6.39 Å². The van der Waals surface area contributed by atoms with E-state index in [1.165, 1.54) is 6.39 Å². The highest BCUT2D eigenvalue weighted by molar-refractivity contribution is 5.99. The molecular formula is C18H17N3O2. The zero-order valence-electron chi connectivity index (χ0n) is 12.8. The van der Waals surface area contributed by atoms with Gasteiger partial charge in [-0.25, -0.2) is 9.78 Å². The summed E-state index contributed by atoms with van der Waals surface area (Å²) in [5.74, 6) is 0.705. The average molecular weight is 307 g/mol. The van der Waals surface area contributed by atoms with Crippen LogP contribution in [0.5, 0.6) is 0 Å². The van der Waals surface area contributed by atoms with Crippen molar-refractivity contribution in [3.05, 3.63) is 78.5 Å². The van der Waals surface area contributed by atoms with Crippen LogP contribution < -0.4 is 10.2 Å². The number of carbonyl (C=O) groups is 1. The van der Waals surface area contributed by atoms with E-state index in [9.17, 15) is 4.79 Å². The highest BCUT2D eigenvalue weighted by Gasteiger charge is 2.18. The molecule has 0 atom stereocenters. The Kier molecular flexibility index (Phi) is 4.38. The number of hydrogen-bond acceptors (Lipinski definition) is 3. The Hall–Kier alpha value is -3.08. The van der Waals surface area contributed by atoms with E-state index in [0.717, 1.165) is 17.1 Å². The predicted octanol–water partition coefficient (Wildman–Crippen LogP) is 4.03. The van der Waals surface area contributed by atoms with Crippen molar-refractivity contribution in [1.82, 2.24) is 10.3 Å². The van der Waals surface area contributed by atoms with Crippen molar-refractivity contribution in [3.8, 4) is 0 Å². The molecule has 0 aliphatic carbocycles. The summed E-state index contributed by atoms with van der Waals surface area (Å²) in [7, 11) is 0. The van der Waals surface area contributed by atoms with E-state index in [2.05, 4.69) is 10.3 Å². The van der Waals surface area contributed by atoms with Crippen molar-refractivity contribution in [2.24, 2.45) is 0 Å². The number of oxazole rings is 1. The molecular weight excluding hydrogens is 290 g/mol. The quantitative estimate of drug-likeness (QED) is 0.791. The number of nitrogens with zero attached hydrogens (tertiary/aromatic N) is 2. The lowest BCUT2D eigenvalue weighted by atomic mass is 10.2. The maximum Gasteiger partial charge on any atom is 0.326 e. The third-order valence-corrected chi connectivity index (χ3v) is 3.48. The molecule has 116 valence electrons. The molecule has 0 saturated carbocycles. The zero-order chi connectivity index (χ0) is 16.1. The summed E-state index contributed by atoms with van der Waals surface area (Å²) in [6, 6.07) is 18.8. The van der Waals surface area contributed by atoms with E-state index in [4.69, 9.17) is 4.42 Å². The Morgan fingerprint density at radius 3 is 2.09 bits per heavy atom. The van der Waals surface area contributed by atoms with Crippen molar-refractivity contribution in [2.75, 3.05) is 4.90 Å². The number of rotatable bonds is 4. The van der Waals surface area contributed by atoms with Crippen LogP contribution >= 0.6 is 0 Å². The van der Waals surface area contributed by atoms with E-state index in [1.807, 2.05) is 67.6 Å². The van der Waals surface area contributed by atoms with Crippen LogP contribution in [-0.2, 0) is 6.54 Å². The fourth-order valence-corrected chi connectivity index (χ4v) is 2.27. The van der Waals surface area contributed by atoms with Crippen molar-refractivity contribution < 1.29 is 9.21 Å². The molecule has 1 N–H and O–H groups in total. The van der Waals surface area contributed by atoms with Gasteiger partial charge < -0.3 is 9.73 Å². The van der Waals surface area contributed by atoms with Gasteiger partial charge >= 0.3 is 6.03 Å². The lowest BCUT2D eigenvalue weighted by Crippen LogP contribution is -2.36. The van der Waals surface area contributed by atoms with E-state index in [1.54, 1.807) is 4.90 Å². The van der Waals surface area contributed by atoms with Gasteiger partial charge in [0.1, 0.15) is 11.5 Å². The number of amides is 2. The number of para-hydroxylation sites is 2. The number of nitrogens with one attached hydrogen (secondary N) is 1. The number of aryl methyl sites for hydroxylation is 1. The number of anilines is 2. The van der Waals surface area contributed by atoms with Crippen LogP contribution in [0.3, 0.4) is 0 Å². The molecule has 0 aliphatic rings. The van der Waals surface area contributed by atoms with Gasteiger partial charge in [0, 0.05) is 0 Å².